The lowest BCUT2D eigenvalue weighted by atomic mass is 10.00. The second-order valence-electron chi connectivity index (χ2n) is 9.78. The molecule has 2 amide bonds. The summed E-state index contributed by atoms with van der Waals surface area (Å²) in [4.78, 5) is 34.8. The van der Waals surface area contributed by atoms with Crippen LogP contribution in [0.5, 0.6) is 0 Å². The Bertz CT molecular complexity index is 1060. The van der Waals surface area contributed by atoms with Crippen LogP contribution in [-0.4, -0.2) is 77.8 Å². The molecule has 3 N–H and O–H groups in total. The molecule has 0 aliphatic carbocycles. The quantitative estimate of drug-likeness (QED) is 0.511. The summed E-state index contributed by atoms with van der Waals surface area (Å²) in [5, 5.41) is 18.0. The zero-order valence-corrected chi connectivity index (χ0v) is 21.5. The average molecular weight is 502 g/mol. The summed E-state index contributed by atoms with van der Waals surface area (Å²) in [6, 6.07) is 5.62. The SMILES string of the molecule is CCCNC(=O)c1cc(CN2CCOCC2(C)C)ccc1NC(=O)c1csc(N2CC[C@H](O)C2)n1. The van der Waals surface area contributed by atoms with Crippen molar-refractivity contribution in [2.45, 2.75) is 51.8 Å². The van der Waals surface area contributed by atoms with Gasteiger partial charge in [0.25, 0.3) is 11.8 Å². The number of morpholine rings is 1. The molecular formula is C25H35N5O4S. The number of benzene rings is 1. The number of ether oxygens (including phenoxy) is 1. The highest BCUT2D eigenvalue weighted by molar-refractivity contribution is 7.14. The molecule has 2 aliphatic heterocycles. The van der Waals surface area contributed by atoms with Crippen molar-refractivity contribution in [3.8, 4) is 0 Å². The lowest BCUT2D eigenvalue weighted by Gasteiger charge is -2.42. The predicted molar refractivity (Wildman–Crippen MR) is 137 cm³/mol. The summed E-state index contributed by atoms with van der Waals surface area (Å²) >= 11 is 1.38. The van der Waals surface area contributed by atoms with Gasteiger partial charge in [0, 0.05) is 43.6 Å². The lowest BCUT2D eigenvalue weighted by molar-refractivity contribution is -0.0552. The molecule has 1 aromatic carbocycles. The smallest absolute Gasteiger partial charge is 0.275 e. The van der Waals surface area contributed by atoms with Gasteiger partial charge in [-0.25, -0.2) is 4.98 Å². The van der Waals surface area contributed by atoms with Crippen molar-refractivity contribution in [3.05, 3.63) is 40.4 Å². The Labute approximate surface area is 210 Å². The number of aromatic nitrogens is 1. The number of hydrogen-bond donors (Lipinski definition) is 3. The van der Waals surface area contributed by atoms with Crippen molar-refractivity contribution >= 4 is 34.0 Å². The van der Waals surface area contributed by atoms with Crippen molar-refractivity contribution in [1.82, 2.24) is 15.2 Å². The standard InChI is InChI=1S/C25H35N5O4S/c1-4-8-26-22(32)19-12-17(13-30-10-11-34-16-25(30,2)3)5-6-20(19)27-23(33)21-15-35-24(28-21)29-9-7-18(31)14-29/h5-6,12,15,18,31H,4,7-11,13-14,16H2,1-3H3,(H,26,32)(H,27,33)/t18-/m0/s1. The number of nitrogens with one attached hydrogen (secondary N) is 2. The third-order valence-corrected chi connectivity index (χ3v) is 7.36. The van der Waals surface area contributed by atoms with Crippen LogP contribution >= 0.6 is 11.3 Å². The molecule has 2 fully saturated rings. The van der Waals surface area contributed by atoms with Gasteiger partial charge >= 0.3 is 0 Å². The maximum Gasteiger partial charge on any atom is 0.275 e. The zero-order valence-electron chi connectivity index (χ0n) is 20.7. The monoisotopic (exact) mass is 501 g/mol. The van der Waals surface area contributed by atoms with Gasteiger partial charge < -0.3 is 25.4 Å². The van der Waals surface area contributed by atoms with Crippen LogP contribution in [0.25, 0.3) is 0 Å². The molecule has 0 unspecified atom stereocenters. The van der Waals surface area contributed by atoms with Gasteiger partial charge in [0.2, 0.25) is 0 Å². The number of anilines is 2. The zero-order chi connectivity index (χ0) is 25.0. The van der Waals surface area contributed by atoms with E-state index in [1.807, 2.05) is 24.0 Å². The van der Waals surface area contributed by atoms with E-state index in [9.17, 15) is 14.7 Å². The first-order chi connectivity index (χ1) is 16.8. The largest absolute Gasteiger partial charge is 0.391 e. The first-order valence-corrected chi connectivity index (χ1v) is 13.1. The number of aliphatic hydroxyl groups is 1. The molecule has 3 heterocycles. The van der Waals surface area contributed by atoms with Gasteiger partial charge in [-0.15, -0.1) is 11.3 Å². The van der Waals surface area contributed by atoms with Crippen molar-refractivity contribution in [2.75, 3.05) is 49.6 Å². The van der Waals surface area contributed by atoms with Gasteiger partial charge in [0.1, 0.15) is 5.69 Å². The van der Waals surface area contributed by atoms with Crippen molar-refractivity contribution in [2.24, 2.45) is 0 Å². The van der Waals surface area contributed by atoms with Crippen molar-refractivity contribution in [1.29, 1.82) is 0 Å². The number of nitrogens with zero attached hydrogens (tertiary/aromatic N) is 3. The molecule has 1 aromatic heterocycles. The molecule has 190 valence electrons. The van der Waals surface area contributed by atoms with Crippen molar-refractivity contribution in [3.63, 3.8) is 0 Å². The fraction of sp³-hybridized carbons (Fsp3) is 0.560. The second-order valence-corrected chi connectivity index (χ2v) is 10.6. The lowest BCUT2D eigenvalue weighted by Crippen LogP contribution is -2.52. The van der Waals surface area contributed by atoms with Crippen LogP contribution in [0.15, 0.2) is 23.6 Å². The molecular weight excluding hydrogens is 466 g/mol. The average Bonchev–Trinajstić information content (AvgIpc) is 3.49. The Morgan fingerprint density at radius 3 is 2.83 bits per heavy atom. The van der Waals surface area contributed by atoms with E-state index in [0.717, 1.165) is 30.2 Å². The molecule has 0 bridgehead atoms. The Balaban J connectivity index is 1.52. The number of β-amino-alcohol motifs (C(OH)–C–C–N with tert-alkyl or cyclic N) is 1. The highest BCUT2D eigenvalue weighted by Crippen LogP contribution is 2.27. The highest BCUT2D eigenvalue weighted by Gasteiger charge is 2.30. The Hall–Kier alpha value is -2.53. The third kappa shape index (κ3) is 6.19. The molecule has 4 rings (SSSR count). The van der Waals surface area contributed by atoms with Gasteiger partial charge in [0.15, 0.2) is 5.13 Å². The van der Waals surface area contributed by atoms with E-state index in [4.69, 9.17) is 4.74 Å². The summed E-state index contributed by atoms with van der Waals surface area (Å²) < 4.78 is 5.63. The minimum absolute atomic E-state index is 0.0938. The van der Waals surface area contributed by atoms with E-state index >= 15 is 0 Å². The van der Waals surface area contributed by atoms with Gasteiger partial charge in [-0.05, 0) is 44.4 Å². The summed E-state index contributed by atoms with van der Waals surface area (Å²) in [5.41, 5.74) is 2.10. The fourth-order valence-corrected chi connectivity index (χ4v) is 5.18. The summed E-state index contributed by atoms with van der Waals surface area (Å²) in [7, 11) is 0. The first kappa shape index (κ1) is 25.6. The third-order valence-electron chi connectivity index (χ3n) is 6.46. The number of thiazole rings is 1. The molecule has 0 saturated carbocycles. The van der Waals surface area contributed by atoms with Gasteiger partial charge in [-0.2, -0.15) is 0 Å². The molecule has 0 radical (unpaired) electrons. The molecule has 1 atom stereocenters. The number of rotatable bonds is 8. The number of hydrogen-bond acceptors (Lipinski definition) is 8. The van der Waals surface area contributed by atoms with Crippen LogP contribution in [0, 0.1) is 0 Å². The molecule has 2 aliphatic rings. The van der Waals surface area contributed by atoms with Crippen LogP contribution in [0.3, 0.4) is 0 Å². The molecule has 2 aromatic rings. The molecule has 9 nitrogen and oxygen atoms in total. The fourth-order valence-electron chi connectivity index (χ4n) is 4.34. The number of aliphatic hydroxyl groups excluding tert-OH is 1. The van der Waals surface area contributed by atoms with Gasteiger partial charge in [-0.3, -0.25) is 14.5 Å². The van der Waals surface area contributed by atoms with E-state index in [1.165, 1.54) is 11.3 Å². The topological polar surface area (TPSA) is 107 Å². The normalized spacial score (nSPS) is 20.1. The Morgan fingerprint density at radius 2 is 2.11 bits per heavy atom. The van der Waals surface area contributed by atoms with Gasteiger partial charge in [-0.1, -0.05) is 13.0 Å². The van der Waals surface area contributed by atoms with Gasteiger partial charge in [0.05, 0.1) is 30.6 Å². The van der Waals surface area contributed by atoms with E-state index in [-0.39, 0.29) is 23.5 Å². The Kier molecular flexibility index (Phi) is 8.05. The van der Waals surface area contributed by atoms with E-state index in [0.29, 0.717) is 56.2 Å². The maximum absolute atomic E-state index is 13.0. The number of carbonyl (C=O) groups excluding carboxylic acids is 2. The van der Waals surface area contributed by atoms with E-state index < -0.39 is 0 Å². The maximum atomic E-state index is 13.0. The minimum atomic E-state index is -0.362. The number of carbonyl (C=O) groups is 2. The summed E-state index contributed by atoms with van der Waals surface area (Å²) in [6.07, 6.45) is 1.16. The Morgan fingerprint density at radius 1 is 1.29 bits per heavy atom. The highest BCUT2D eigenvalue weighted by atomic mass is 32.1. The molecule has 35 heavy (non-hydrogen) atoms. The summed E-state index contributed by atoms with van der Waals surface area (Å²) in [5.74, 6) is -0.575. The van der Waals surface area contributed by atoms with Crippen LogP contribution in [0.4, 0.5) is 10.8 Å². The molecule has 2 saturated heterocycles. The molecule has 10 heteroatoms. The van der Waals surface area contributed by atoms with E-state index in [2.05, 4.69) is 34.4 Å². The van der Waals surface area contributed by atoms with Crippen LogP contribution < -0.4 is 15.5 Å². The predicted octanol–water partition coefficient (Wildman–Crippen LogP) is 2.72. The number of amides is 2. The summed E-state index contributed by atoms with van der Waals surface area (Å²) in [6.45, 7) is 11.0. The van der Waals surface area contributed by atoms with Crippen LogP contribution in [-0.2, 0) is 11.3 Å². The second kappa shape index (κ2) is 11.0. The van der Waals surface area contributed by atoms with Crippen LogP contribution in [0.2, 0.25) is 0 Å². The molecule has 0 spiro atoms. The van der Waals surface area contributed by atoms with E-state index in [1.54, 1.807) is 11.4 Å². The van der Waals surface area contributed by atoms with Crippen LogP contribution in [0.1, 0.15) is 60.0 Å². The minimum Gasteiger partial charge on any atom is -0.391 e. The van der Waals surface area contributed by atoms with Crippen molar-refractivity contribution < 1.29 is 19.4 Å². The first-order valence-electron chi connectivity index (χ1n) is 12.2.